The van der Waals surface area contributed by atoms with Crippen LogP contribution in [0.25, 0.3) is 11.0 Å². The van der Waals surface area contributed by atoms with Gasteiger partial charge in [0, 0.05) is 11.6 Å². The number of rotatable bonds is 3. The average Bonchev–Trinajstić information content (AvgIpc) is 2.91. The number of carbonyl (C=O) groups is 1. The first-order chi connectivity index (χ1) is 9.66. The number of carboxylic acids is 1. The Morgan fingerprint density at radius 2 is 2.05 bits per heavy atom. The van der Waals surface area contributed by atoms with Gasteiger partial charge in [-0.2, -0.15) is 0 Å². The smallest absolute Gasteiger partial charge is 0.371 e. The van der Waals surface area contributed by atoms with Crippen molar-refractivity contribution < 1.29 is 19.4 Å². The van der Waals surface area contributed by atoms with Crippen molar-refractivity contribution in [2.24, 2.45) is 0 Å². The summed E-state index contributed by atoms with van der Waals surface area (Å²) in [5.74, 6) is -1.29. The van der Waals surface area contributed by atoms with E-state index in [4.69, 9.17) is 9.52 Å². The quantitative estimate of drug-likeness (QED) is 0.763. The van der Waals surface area contributed by atoms with E-state index in [9.17, 15) is 9.90 Å². The molecular weight excluding hydrogens is 258 g/mol. The van der Waals surface area contributed by atoms with E-state index in [1.165, 1.54) is 6.07 Å². The maximum atomic E-state index is 11.0. The maximum Gasteiger partial charge on any atom is 0.371 e. The molecule has 20 heavy (non-hydrogen) atoms. The molecule has 100 valence electrons. The molecule has 0 aliphatic carbocycles. The summed E-state index contributed by atoms with van der Waals surface area (Å²) < 4.78 is 5.23. The Hall–Kier alpha value is -2.66. The molecule has 5 nitrogen and oxygen atoms in total. The van der Waals surface area contributed by atoms with Crippen LogP contribution in [0.2, 0.25) is 0 Å². The summed E-state index contributed by atoms with van der Waals surface area (Å²) in [5.41, 5.74) is 1.49. The van der Waals surface area contributed by atoms with Crippen LogP contribution in [0.1, 0.15) is 27.9 Å². The van der Waals surface area contributed by atoms with Gasteiger partial charge >= 0.3 is 5.97 Å². The zero-order valence-corrected chi connectivity index (χ0v) is 10.4. The molecule has 0 aliphatic rings. The summed E-state index contributed by atoms with van der Waals surface area (Å²) in [7, 11) is 0. The number of pyridine rings is 1. The Kier molecular flexibility index (Phi) is 2.96. The molecule has 0 aliphatic heterocycles. The van der Waals surface area contributed by atoms with Crippen molar-refractivity contribution in [3.05, 3.63) is 65.7 Å². The number of nitrogens with zero attached hydrogens (tertiary/aromatic N) is 1. The zero-order chi connectivity index (χ0) is 14.1. The van der Waals surface area contributed by atoms with Crippen molar-refractivity contribution in [3.8, 4) is 0 Å². The number of aromatic carboxylic acids is 1. The Balaban J connectivity index is 2.14. The van der Waals surface area contributed by atoms with Crippen LogP contribution >= 0.6 is 0 Å². The molecule has 5 heteroatoms. The monoisotopic (exact) mass is 269 g/mol. The van der Waals surface area contributed by atoms with Crippen LogP contribution in [0.15, 0.2) is 53.1 Å². The van der Waals surface area contributed by atoms with Crippen molar-refractivity contribution in [3.63, 3.8) is 0 Å². The number of carboxylic acid groups (broad SMARTS) is 1. The number of furan rings is 1. The van der Waals surface area contributed by atoms with Crippen molar-refractivity contribution in [1.82, 2.24) is 4.98 Å². The molecule has 1 atom stereocenters. The molecule has 0 amide bonds. The van der Waals surface area contributed by atoms with E-state index >= 15 is 0 Å². The molecule has 2 heterocycles. The number of hydrogen-bond acceptors (Lipinski definition) is 4. The van der Waals surface area contributed by atoms with Gasteiger partial charge in [-0.15, -0.1) is 0 Å². The predicted molar refractivity (Wildman–Crippen MR) is 71.5 cm³/mol. The molecule has 0 saturated heterocycles. The Morgan fingerprint density at radius 3 is 2.75 bits per heavy atom. The first-order valence-electron chi connectivity index (χ1n) is 6.01. The SMILES string of the molecule is O=C(O)c1cc2c(C(O)c3ccccn3)cccc2o1. The lowest BCUT2D eigenvalue weighted by Crippen LogP contribution is -2.02. The van der Waals surface area contributed by atoms with E-state index in [1.54, 1.807) is 42.6 Å². The van der Waals surface area contributed by atoms with Crippen molar-refractivity contribution in [2.75, 3.05) is 0 Å². The highest BCUT2D eigenvalue weighted by Gasteiger charge is 2.18. The van der Waals surface area contributed by atoms with Gasteiger partial charge in [-0.1, -0.05) is 18.2 Å². The summed E-state index contributed by atoms with van der Waals surface area (Å²) in [5, 5.41) is 19.9. The van der Waals surface area contributed by atoms with Crippen molar-refractivity contribution >= 4 is 16.9 Å². The molecule has 0 saturated carbocycles. The fourth-order valence-corrected chi connectivity index (χ4v) is 2.12. The Labute approximate surface area is 114 Å². The fraction of sp³-hybridized carbons (Fsp3) is 0.0667. The topological polar surface area (TPSA) is 83.6 Å². The van der Waals surface area contributed by atoms with Crippen LogP contribution in [-0.4, -0.2) is 21.2 Å². The maximum absolute atomic E-state index is 11.0. The van der Waals surface area contributed by atoms with Gasteiger partial charge in [0.05, 0.1) is 5.69 Å². The normalized spacial score (nSPS) is 12.4. The fourth-order valence-electron chi connectivity index (χ4n) is 2.12. The van der Waals surface area contributed by atoms with Crippen molar-refractivity contribution in [2.45, 2.75) is 6.10 Å². The molecule has 1 unspecified atom stereocenters. The second kappa shape index (κ2) is 4.79. The number of hydrogen-bond donors (Lipinski definition) is 2. The van der Waals surface area contributed by atoms with E-state index in [-0.39, 0.29) is 5.76 Å². The molecule has 0 fully saturated rings. The lowest BCUT2D eigenvalue weighted by Gasteiger charge is -2.10. The highest BCUT2D eigenvalue weighted by Crippen LogP contribution is 2.30. The highest BCUT2D eigenvalue weighted by atomic mass is 16.4. The summed E-state index contributed by atoms with van der Waals surface area (Å²) >= 11 is 0. The number of benzene rings is 1. The van der Waals surface area contributed by atoms with Gasteiger partial charge in [0.25, 0.3) is 0 Å². The second-order valence-corrected chi connectivity index (χ2v) is 4.33. The molecule has 3 aromatic rings. The van der Waals surface area contributed by atoms with E-state index in [0.717, 1.165) is 0 Å². The molecule has 0 spiro atoms. The second-order valence-electron chi connectivity index (χ2n) is 4.33. The lowest BCUT2D eigenvalue weighted by molar-refractivity contribution is 0.0665. The molecule has 0 radical (unpaired) electrons. The molecule has 3 rings (SSSR count). The number of aromatic nitrogens is 1. The van der Waals surface area contributed by atoms with Gasteiger partial charge in [-0.25, -0.2) is 4.79 Å². The van der Waals surface area contributed by atoms with Crippen LogP contribution in [0, 0.1) is 0 Å². The standard InChI is InChI=1S/C15H11NO4/c17-14(11-5-1-2-7-16-11)9-4-3-6-12-10(9)8-13(20-12)15(18)19/h1-8,14,17H,(H,18,19). The lowest BCUT2D eigenvalue weighted by atomic mass is 10.0. The van der Waals surface area contributed by atoms with Crippen LogP contribution in [0.3, 0.4) is 0 Å². The minimum atomic E-state index is -1.14. The minimum Gasteiger partial charge on any atom is -0.475 e. The Bertz CT molecular complexity index is 764. The van der Waals surface area contributed by atoms with E-state index in [0.29, 0.717) is 22.2 Å². The Morgan fingerprint density at radius 1 is 1.20 bits per heavy atom. The summed E-state index contributed by atoms with van der Waals surface area (Å²) in [4.78, 5) is 15.1. The van der Waals surface area contributed by atoms with E-state index < -0.39 is 12.1 Å². The van der Waals surface area contributed by atoms with Gasteiger partial charge in [0.15, 0.2) is 0 Å². The van der Waals surface area contributed by atoms with Gasteiger partial charge in [-0.05, 0) is 29.8 Å². The third kappa shape index (κ3) is 2.04. The predicted octanol–water partition coefficient (Wildman–Crippen LogP) is 2.61. The van der Waals surface area contributed by atoms with E-state index in [1.807, 2.05) is 0 Å². The minimum absolute atomic E-state index is 0.152. The molecule has 1 aromatic carbocycles. The first kappa shape index (κ1) is 12.4. The third-order valence-corrected chi connectivity index (χ3v) is 3.07. The average molecular weight is 269 g/mol. The van der Waals surface area contributed by atoms with Crippen LogP contribution in [0.4, 0.5) is 0 Å². The van der Waals surface area contributed by atoms with Crippen LogP contribution in [-0.2, 0) is 0 Å². The van der Waals surface area contributed by atoms with Gasteiger partial charge in [0.1, 0.15) is 11.7 Å². The first-order valence-corrected chi connectivity index (χ1v) is 6.01. The summed E-state index contributed by atoms with van der Waals surface area (Å²) in [6.07, 6.45) is 0.663. The largest absolute Gasteiger partial charge is 0.475 e. The molecular formula is C15H11NO4. The van der Waals surface area contributed by atoms with Crippen LogP contribution in [0.5, 0.6) is 0 Å². The van der Waals surface area contributed by atoms with Gasteiger partial charge in [0.2, 0.25) is 5.76 Å². The number of aliphatic hydroxyl groups excluding tert-OH is 1. The van der Waals surface area contributed by atoms with Gasteiger partial charge in [-0.3, -0.25) is 4.98 Å². The van der Waals surface area contributed by atoms with Gasteiger partial charge < -0.3 is 14.6 Å². The highest BCUT2D eigenvalue weighted by molar-refractivity contribution is 5.92. The summed E-state index contributed by atoms with van der Waals surface area (Å²) in [6.45, 7) is 0. The molecule has 2 aromatic heterocycles. The summed E-state index contributed by atoms with van der Waals surface area (Å²) in [6, 6.07) is 11.8. The third-order valence-electron chi connectivity index (χ3n) is 3.07. The van der Waals surface area contributed by atoms with E-state index in [2.05, 4.69) is 4.98 Å². The molecule has 2 N–H and O–H groups in total. The zero-order valence-electron chi connectivity index (χ0n) is 10.4. The molecule has 0 bridgehead atoms. The number of aliphatic hydroxyl groups is 1. The van der Waals surface area contributed by atoms with Crippen molar-refractivity contribution in [1.29, 1.82) is 0 Å². The number of fused-ring (bicyclic) bond motifs is 1. The van der Waals surface area contributed by atoms with Crippen LogP contribution < -0.4 is 0 Å².